The Bertz CT molecular complexity index is 601. The van der Waals surface area contributed by atoms with Gasteiger partial charge in [-0.2, -0.15) is 0 Å². The summed E-state index contributed by atoms with van der Waals surface area (Å²) >= 11 is 3.51. The molecule has 0 heterocycles. The van der Waals surface area contributed by atoms with Gasteiger partial charge in [0.1, 0.15) is 0 Å². The van der Waals surface area contributed by atoms with Crippen LogP contribution < -0.4 is 14.8 Å². The fraction of sp³-hybridized carbons (Fsp3) is 0.294. The van der Waals surface area contributed by atoms with Crippen molar-refractivity contribution in [3.05, 3.63) is 58.1 Å². The van der Waals surface area contributed by atoms with Gasteiger partial charge >= 0.3 is 0 Å². The summed E-state index contributed by atoms with van der Waals surface area (Å²) in [6, 6.07) is 14.6. The normalized spacial score (nSPS) is 12.0. The van der Waals surface area contributed by atoms with Crippen LogP contribution >= 0.6 is 15.9 Å². The Hall–Kier alpha value is -1.52. The predicted octanol–water partition coefficient (Wildman–Crippen LogP) is 3.97. The molecule has 0 saturated heterocycles. The van der Waals surface area contributed by atoms with Gasteiger partial charge in [-0.3, -0.25) is 0 Å². The molecular formula is C17H20BrNO2. The van der Waals surface area contributed by atoms with Crippen molar-refractivity contribution in [2.24, 2.45) is 0 Å². The molecule has 2 rings (SSSR count). The van der Waals surface area contributed by atoms with Gasteiger partial charge in [-0.1, -0.05) is 34.1 Å². The van der Waals surface area contributed by atoms with Crippen LogP contribution in [0.15, 0.2) is 46.9 Å². The van der Waals surface area contributed by atoms with Crippen LogP contribution in [-0.2, 0) is 6.42 Å². The Morgan fingerprint density at radius 1 is 1.05 bits per heavy atom. The second kappa shape index (κ2) is 7.48. The smallest absolute Gasteiger partial charge is 0.161 e. The lowest BCUT2D eigenvalue weighted by atomic mass is 9.98. The largest absolute Gasteiger partial charge is 0.493 e. The van der Waals surface area contributed by atoms with Crippen LogP contribution in [0.3, 0.4) is 0 Å². The second-order valence-corrected chi connectivity index (χ2v) is 5.71. The Morgan fingerprint density at radius 3 is 2.43 bits per heavy atom. The summed E-state index contributed by atoms with van der Waals surface area (Å²) in [4.78, 5) is 0. The molecule has 3 nitrogen and oxygen atoms in total. The van der Waals surface area contributed by atoms with Gasteiger partial charge in [0.05, 0.1) is 14.2 Å². The van der Waals surface area contributed by atoms with Crippen molar-refractivity contribution in [1.29, 1.82) is 0 Å². The monoisotopic (exact) mass is 349 g/mol. The van der Waals surface area contributed by atoms with Crippen molar-refractivity contribution in [3.8, 4) is 11.5 Å². The summed E-state index contributed by atoms with van der Waals surface area (Å²) in [5.41, 5.74) is 2.45. The van der Waals surface area contributed by atoms with Crippen LogP contribution in [0.25, 0.3) is 0 Å². The number of halogens is 1. The maximum absolute atomic E-state index is 5.38. The molecule has 0 spiro atoms. The molecular weight excluding hydrogens is 330 g/mol. The van der Waals surface area contributed by atoms with Crippen molar-refractivity contribution in [1.82, 2.24) is 5.32 Å². The first-order valence-electron chi connectivity index (χ1n) is 6.81. The topological polar surface area (TPSA) is 30.5 Å². The molecule has 0 fully saturated rings. The number of nitrogens with one attached hydrogen (secondary N) is 1. The van der Waals surface area contributed by atoms with Crippen LogP contribution in [0, 0.1) is 0 Å². The summed E-state index contributed by atoms with van der Waals surface area (Å²) in [6.07, 6.45) is 0.908. The van der Waals surface area contributed by atoms with E-state index in [1.54, 1.807) is 14.2 Å². The van der Waals surface area contributed by atoms with Crippen molar-refractivity contribution < 1.29 is 9.47 Å². The molecule has 0 bridgehead atoms. The highest BCUT2D eigenvalue weighted by molar-refractivity contribution is 9.10. The third-order valence-corrected chi connectivity index (χ3v) is 3.98. The lowest BCUT2D eigenvalue weighted by Crippen LogP contribution is -2.19. The Morgan fingerprint density at radius 2 is 1.81 bits per heavy atom. The Balaban J connectivity index is 2.25. The minimum Gasteiger partial charge on any atom is -0.493 e. The fourth-order valence-electron chi connectivity index (χ4n) is 2.36. The third-order valence-electron chi connectivity index (χ3n) is 3.49. The molecule has 1 atom stereocenters. The number of hydrogen-bond donors (Lipinski definition) is 1. The van der Waals surface area contributed by atoms with Gasteiger partial charge in [-0.15, -0.1) is 0 Å². The van der Waals surface area contributed by atoms with Crippen molar-refractivity contribution in [3.63, 3.8) is 0 Å². The maximum atomic E-state index is 5.38. The van der Waals surface area contributed by atoms with E-state index in [0.717, 1.165) is 22.4 Å². The zero-order valence-corrected chi connectivity index (χ0v) is 14.1. The summed E-state index contributed by atoms with van der Waals surface area (Å²) in [5, 5.41) is 3.36. The molecule has 1 unspecified atom stereocenters. The van der Waals surface area contributed by atoms with Crippen LogP contribution in [0.2, 0.25) is 0 Å². The van der Waals surface area contributed by atoms with E-state index < -0.39 is 0 Å². The number of ether oxygens (including phenoxy) is 2. The SMILES string of the molecule is CNC(Cc1cccc(Br)c1)c1ccc(OC)c(OC)c1. The number of rotatable bonds is 6. The minimum atomic E-state index is 0.221. The molecule has 0 aliphatic heterocycles. The van der Waals surface area contributed by atoms with Gasteiger partial charge in [0.2, 0.25) is 0 Å². The number of hydrogen-bond acceptors (Lipinski definition) is 3. The first-order valence-corrected chi connectivity index (χ1v) is 7.61. The maximum Gasteiger partial charge on any atom is 0.161 e. The van der Waals surface area contributed by atoms with Crippen LogP contribution in [0.1, 0.15) is 17.2 Å². The van der Waals surface area contributed by atoms with E-state index in [2.05, 4.69) is 45.5 Å². The lowest BCUT2D eigenvalue weighted by molar-refractivity contribution is 0.354. The van der Waals surface area contributed by atoms with Gasteiger partial charge in [-0.25, -0.2) is 0 Å². The highest BCUT2D eigenvalue weighted by Gasteiger charge is 2.13. The third kappa shape index (κ3) is 3.99. The van der Waals surface area contributed by atoms with Gasteiger partial charge in [-0.05, 0) is 48.9 Å². The first-order chi connectivity index (χ1) is 10.2. The molecule has 1 N–H and O–H groups in total. The van der Waals surface area contributed by atoms with E-state index in [1.165, 1.54) is 11.1 Å². The van der Waals surface area contributed by atoms with E-state index in [9.17, 15) is 0 Å². The highest BCUT2D eigenvalue weighted by Crippen LogP contribution is 2.31. The number of benzene rings is 2. The minimum absolute atomic E-state index is 0.221. The van der Waals surface area contributed by atoms with Crippen LogP contribution in [-0.4, -0.2) is 21.3 Å². The lowest BCUT2D eigenvalue weighted by Gasteiger charge is -2.18. The van der Waals surface area contributed by atoms with E-state index in [4.69, 9.17) is 9.47 Å². The van der Waals surface area contributed by atoms with Gasteiger partial charge < -0.3 is 14.8 Å². The summed E-state index contributed by atoms with van der Waals surface area (Å²) < 4.78 is 11.8. The number of methoxy groups -OCH3 is 2. The molecule has 0 aliphatic carbocycles. The van der Waals surface area contributed by atoms with Gasteiger partial charge in [0.25, 0.3) is 0 Å². The Labute approximate surface area is 134 Å². The highest BCUT2D eigenvalue weighted by atomic mass is 79.9. The fourth-order valence-corrected chi connectivity index (χ4v) is 2.80. The second-order valence-electron chi connectivity index (χ2n) is 4.79. The zero-order chi connectivity index (χ0) is 15.2. The standard InChI is InChI=1S/C17H20BrNO2/c1-19-15(10-12-5-4-6-14(18)9-12)13-7-8-16(20-2)17(11-13)21-3/h4-9,11,15,19H,10H2,1-3H3. The summed E-state index contributed by atoms with van der Waals surface area (Å²) in [7, 11) is 5.28. The van der Waals surface area contributed by atoms with E-state index in [1.807, 2.05) is 25.2 Å². The zero-order valence-electron chi connectivity index (χ0n) is 12.5. The molecule has 0 aromatic heterocycles. The molecule has 0 aliphatic rings. The average molecular weight is 350 g/mol. The quantitative estimate of drug-likeness (QED) is 0.855. The summed E-state index contributed by atoms with van der Waals surface area (Å²) in [5.74, 6) is 1.50. The molecule has 0 amide bonds. The molecule has 21 heavy (non-hydrogen) atoms. The molecule has 2 aromatic rings. The van der Waals surface area contributed by atoms with Crippen LogP contribution in [0.5, 0.6) is 11.5 Å². The molecule has 2 aromatic carbocycles. The molecule has 4 heteroatoms. The first kappa shape index (κ1) is 15.9. The van der Waals surface area contributed by atoms with Crippen molar-refractivity contribution >= 4 is 15.9 Å². The van der Waals surface area contributed by atoms with E-state index >= 15 is 0 Å². The number of likely N-dealkylation sites (N-methyl/N-ethyl adjacent to an activating group) is 1. The molecule has 0 saturated carbocycles. The van der Waals surface area contributed by atoms with E-state index in [0.29, 0.717) is 0 Å². The van der Waals surface area contributed by atoms with Gasteiger partial charge in [0.15, 0.2) is 11.5 Å². The molecule has 112 valence electrons. The molecule has 0 radical (unpaired) electrons. The van der Waals surface area contributed by atoms with Crippen LogP contribution in [0.4, 0.5) is 0 Å². The Kier molecular flexibility index (Phi) is 5.65. The van der Waals surface area contributed by atoms with Gasteiger partial charge in [0, 0.05) is 10.5 Å². The average Bonchev–Trinajstić information content (AvgIpc) is 2.52. The summed E-state index contributed by atoms with van der Waals surface area (Å²) in [6.45, 7) is 0. The predicted molar refractivity (Wildman–Crippen MR) is 89.2 cm³/mol. The van der Waals surface area contributed by atoms with E-state index in [-0.39, 0.29) is 6.04 Å². The van der Waals surface area contributed by atoms with Crippen molar-refractivity contribution in [2.45, 2.75) is 12.5 Å². The van der Waals surface area contributed by atoms with Crippen molar-refractivity contribution in [2.75, 3.05) is 21.3 Å².